The van der Waals surface area contributed by atoms with Gasteiger partial charge in [0.2, 0.25) is 0 Å². The second-order valence-corrected chi connectivity index (χ2v) is 3.59. The number of anilines is 1. The molecule has 0 aliphatic heterocycles. The average molecular weight is 229 g/mol. The molecule has 0 bridgehead atoms. The lowest BCUT2D eigenvalue weighted by Crippen LogP contribution is -2.03. The molecule has 0 saturated carbocycles. The van der Waals surface area contributed by atoms with Gasteiger partial charge in [0.05, 0.1) is 11.3 Å². The Balaban J connectivity index is 2.65. The van der Waals surface area contributed by atoms with E-state index in [-0.39, 0.29) is 17.0 Å². The molecule has 4 heteroatoms. The van der Waals surface area contributed by atoms with Crippen molar-refractivity contribution in [1.82, 2.24) is 0 Å². The van der Waals surface area contributed by atoms with Crippen molar-refractivity contribution in [2.45, 2.75) is 0 Å². The molecule has 0 aliphatic carbocycles. The van der Waals surface area contributed by atoms with Gasteiger partial charge in [0, 0.05) is 11.1 Å². The van der Waals surface area contributed by atoms with Crippen LogP contribution in [0.4, 0.5) is 5.69 Å². The molecule has 0 saturated heterocycles. The molecule has 2 aromatic rings. The van der Waals surface area contributed by atoms with Crippen molar-refractivity contribution >= 4 is 11.7 Å². The van der Waals surface area contributed by atoms with Crippen LogP contribution in [0.2, 0.25) is 0 Å². The number of carboxylic acid groups (broad SMARTS) is 1. The van der Waals surface area contributed by atoms with E-state index in [4.69, 9.17) is 10.8 Å². The van der Waals surface area contributed by atoms with Gasteiger partial charge in [-0.3, -0.25) is 0 Å². The number of hydrogen-bond acceptors (Lipinski definition) is 3. The Bertz CT molecular complexity index is 579. The lowest BCUT2D eigenvalue weighted by Gasteiger charge is -2.09. The molecular weight excluding hydrogens is 218 g/mol. The van der Waals surface area contributed by atoms with Crippen LogP contribution in [0.5, 0.6) is 5.75 Å². The fourth-order valence-corrected chi connectivity index (χ4v) is 1.69. The van der Waals surface area contributed by atoms with Crippen LogP contribution in [0.25, 0.3) is 11.1 Å². The van der Waals surface area contributed by atoms with Gasteiger partial charge >= 0.3 is 5.97 Å². The van der Waals surface area contributed by atoms with E-state index in [2.05, 4.69) is 0 Å². The molecule has 0 fully saturated rings. The summed E-state index contributed by atoms with van der Waals surface area (Å²) in [5, 5.41) is 18.7. The van der Waals surface area contributed by atoms with Crippen molar-refractivity contribution in [1.29, 1.82) is 0 Å². The van der Waals surface area contributed by atoms with E-state index in [1.165, 1.54) is 12.1 Å². The highest BCUT2D eigenvalue weighted by molar-refractivity contribution is 5.98. The first-order valence-electron chi connectivity index (χ1n) is 5.01. The minimum absolute atomic E-state index is 0.0331. The Labute approximate surface area is 97.9 Å². The average Bonchev–Trinajstić information content (AvgIpc) is 2.30. The number of para-hydroxylation sites is 2. The number of nitrogen functional groups attached to an aromatic ring is 1. The molecule has 0 atom stereocenters. The van der Waals surface area contributed by atoms with Crippen molar-refractivity contribution in [3.05, 3.63) is 48.0 Å². The normalized spacial score (nSPS) is 10.1. The van der Waals surface area contributed by atoms with E-state index in [0.717, 1.165) is 0 Å². The van der Waals surface area contributed by atoms with Crippen LogP contribution in [0, 0.1) is 0 Å². The van der Waals surface area contributed by atoms with Crippen molar-refractivity contribution in [2.75, 3.05) is 5.73 Å². The molecule has 2 aromatic carbocycles. The van der Waals surface area contributed by atoms with Crippen molar-refractivity contribution < 1.29 is 15.0 Å². The monoisotopic (exact) mass is 229 g/mol. The molecular formula is C13H11NO3. The Hall–Kier alpha value is -2.49. The summed E-state index contributed by atoms with van der Waals surface area (Å²) < 4.78 is 0. The first-order chi connectivity index (χ1) is 8.11. The van der Waals surface area contributed by atoms with Gasteiger partial charge in [0.15, 0.2) is 0 Å². The van der Waals surface area contributed by atoms with Crippen LogP contribution in [-0.4, -0.2) is 16.2 Å². The number of hydrogen-bond donors (Lipinski definition) is 3. The molecule has 0 aliphatic rings. The van der Waals surface area contributed by atoms with Gasteiger partial charge in [-0.1, -0.05) is 30.3 Å². The molecule has 4 N–H and O–H groups in total. The summed E-state index contributed by atoms with van der Waals surface area (Å²) in [6.07, 6.45) is 0. The lowest BCUT2D eigenvalue weighted by molar-refractivity contribution is 0.0698. The molecule has 0 spiro atoms. The third kappa shape index (κ3) is 1.92. The molecule has 0 radical (unpaired) electrons. The highest BCUT2D eigenvalue weighted by Crippen LogP contribution is 2.34. The van der Waals surface area contributed by atoms with E-state index in [1.807, 2.05) is 0 Å². The maximum Gasteiger partial charge on any atom is 0.337 e. The molecule has 2 rings (SSSR count). The largest absolute Gasteiger partial charge is 0.507 e. The van der Waals surface area contributed by atoms with Gasteiger partial charge < -0.3 is 15.9 Å². The van der Waals surface area contributed by atoms with Crippen LogP contribution in [0.1, 0.15) is 10.4 Å². The molecule has 86 valence electrons. The third-order valence-corrected chi connectivity index (χ3v) is 2.53. The fourth-order valence-electron chi connectivity index (χ4n) is 1.69. The fraction of sp³-hybridized carbons (Fsp3) is 0. The quantitative estimate of drug-likeness (QED) is 0.690. The number of carbonyl (C=O) groups is 1. The Morgan fingerprint density at radius 2 is 1.65 bits per heavy atom. The molecule has 0 unspecified atom stereocenters. The zero-order valence-electron chi connectivity index (χ0n) is 8.92. The van der Waals surface area contributed by atoms with E-state index in [0.29, 0.717) is 11.1 Å². The van der Waals surface area contributed by atoms with Gasteiger partial charge in [0.25, 0.3) is 0 Å². The van der Waals surface area contributed by atoms with E-state index < -0.39 is 5.97 Å². The third-order valence-electron chi connectivity index (χ3n) is 2.53. The topological polar surface area (TPSA) is 83.6 Å². The highest BCUT2D eigenvalue weighted by Gasteiger charge is 2.13. The summed E-state index contributed by atoms with van der Waals surface area (Å²) in [6, 6.07) is 11.4. The second-order valence-electron chi connectivity index (χ2n) is 3.59. The summed E-state index contributed by atoms with van der Waals surface area (Å²) >= 11 is 0. The van der Waals surface area contributed by atoms with Crippen LogP contribution < -0.4 is 5.73 Å². The number of phenols is 1. The molecule has 0 aromatic heterocycles. The minimum atomic E-state index is -1.08. The zero-order valence-corrected chi connectivity index (χ0v) is 8.92. The predicted octanol–water partition coefficient (Wildman–Crippen LogP) is 2.34. The second kappa shape index (κ2) is 4.17. The van der Waals surface area contributed by atoms with Crippen LogP contribution in [0.3, 0.4) is 0 Å². The van der Waals surface area contributed by atoms with Gasteiger partial charge in [-0.15, -0.1) is 0 Å². The van der Waals surface area contributed by atoms with Crippen molar-refractivity contribution in [3.8, 4) is 16.9 Å². The van der Waals surface area contributed by atoms with Crippen LogP contribution in [0.15, 0.2) is 42.5 Å². The maximum atomic E-state index is 10.9. The number of nitrogens with two attached hydrogens (primary N) is 1. The summed E-state index contributed by atoms with van der Waals surface area (Å²) in [7, 11) is 0. The highest BCUT2D eigenvalue weighted by atomic mass is 16.4. The van der Waals surface area contributed by atoms with Crippen LogP contribution >= 0.6 is 0 Å². The van der Waals surface area contributed by atoms with Crippen LogP contribution in [-0.2, 0) is 0 Å². The van der Waals surface area contributed by atoms with Crippen molar-refractivity contribution in [2.24, 2.45) is 0 Å². The summed E-state index contributed by atoms with van der Waals surface area (Å²) in [5.41, 5.74) is 7.02. The lowest BCUT2D eigenvalue weighted by atomic mass is 9.99. The minimum Gasteiger partial charge on any atom is -0.507 e. The smallest absolute Gasteiger partial charge is 0.337 e. The number of carboxylic acids is 1. The molecule has 0 heterocycles. The summed E-state index contributed by atoms with van der Waals surface area (Å²) in [5.74, 6) is -1.01. The Morgan fingerprint density at radius 1 is 1.00 bits per heavy atom. The van der Waals surface area contributed by atoms with E-state index in [1.54, 1.807) is 30.3 Å². The Kier molecular flexibility index (Phi) is 2.70. The van der Waals surface area contributed by atoms with Gasteiger partial charge in [-0.2, -0.15) is 0 Å². The van der Waals surface area contributed by atoms with Crippen molar-refractivity contribution in [3.63, 3.8) is 0 Å². The molecule has 4 nitrogen and oxygen atoms in total. The van der Waals surface area contributed by atoms with Gasteiger partial charge in [-0.25, -0.2) is 4.79 Å². The number of aromatic carboxylic acids is 1. The zero-order chi connectivity index (χ0) is 12.4. The first-order valence-corrected chi connectivity index (χ1v) is 5.01. The van der Waals surface area contributed by atoms with Gasteiger partial charge in [0.1, 0.15) is 5.75 Å². The number of rotatable bonds is 2. The number of aromatic hydroxyl groups is 1. The first kappa shape index (κ1) is 11.0. The molecule has 0 amide bonds. The predicted molar refractivity (Wildman–Crippen MR) is 64.9 cm³/mol. The maximum absolute atomic E-state index is 10.9. The molecule has 17 heavy (non-hydrogen) atoms. The van der Waals surface area contributed by atoms with E-state index >= 15 is 0 Å². The SMILES string of the molecule is Nc1c(C(=O)O)cccc1-c1ccccc1O. The summed E-state index contributed by atoms with van der Waals surface area (Å²) in [6.45, 7) is 0. The Morgan fingerprint density at radius 3 is 2.29 bits per heavy atom. The summed E-state index contributed by atoms with van der Waals surface area (Å²) in [4.78, 5) is 10.9. The number of phenolic OH excluding ortho intramolecular Hbond substituents is 1. The standard InChI is InChI=1S/C13H11NO3/c14-12-9(5-3-6-10(12)13(16)17)8-4-1-2-7-11(8)15/h1-7,15H,14H2,(H,16,17). The van der Waals surface area contributed by atoms with Gasteiger partial charge in [-0.05, 0) is 12.1 Å². The van der Waals surface area contributed by atoms with E-state index in [9.17, 15) is 9.90 Å². The number of benzene rings is 2.